The molecule has 148 valence electrons. The highest BCUT2D eigenvalue weighted by Gasteiger charge is 2.36. The summed E-state index contributed by atoms with van der Waals surface area (Å²) in [5, 5.41) is 7.63. The standard InChI is InChI=1S/C20H23FN4O3/c1-10-17-15(6-20(2,3)7-16(17)26)25(24-10)12-4-13(21)18(19(22)27)14(5-12)23-11-8-28-9-11/h4-5,11,23H,6-9H2,1-3H3,(H2,22,27). The maximum atomic E-state index is 14.8. The average Bonchev–Trinajstić information content (AvgIpc) is 2.85. The van der Waals surface area contributed by atoms with Crippen LogP contribution in [-0.2, 0) is 11.2 Å². The number of benzene rings is 1. The lowest BCUT2D eigenvalue weighted by Crippen LogP contribution is -2.41. The number of nitrogens with two attached hydrogens (primary N) is 1. The van der Waals surface area contributed by atoms with Crippen LogP contribution in [0.3, 0.4) is 0 Å². The Balaban J connectivity index is 1.85. The molecule has 0 saturated carbocycles. The molecule has 1 saturated heterocycles. The minimum Gasteiger partial charge on any atom is -0.377 e. The van der Waals surface area contributed by atoms with E-state index in [-0.39, 0.29) is 22.8 Å². The van der Waals surface area contributed by atoms with E-state index >= 15 is 0 Å². The van der Waals surface area contributed by atoms with Gasteiger partial charge in [-0.3, -0.25) is 9.59 Å². The van der Waals surface area contributed by atoms with Gasteiger partial charge in [-0.05, 0) is 24.8 Å². The van der Waals surface area contributed by atoms with Gasteiger partial charge in [0.2, 0.25) is 0 Å². The van der Waals surface area contributed by atoms with Crippen LogP contribution in [0.1, 0.15) is 52.4 Å². The number of Topliss-reactive ketones (excluding diaryl/α,β-unsaturated/α-hetero) is 1. The van der Waals surface area contributed by atoms with E-state index < -0.39 is 11.7 Å². The van der Waals surface area contributed by atoms with Gasteiger partial charge in [-0.25, -0.2) is 9.07 Å². The van der Waals surface area contributed by atoms with Gasteiger partial charge in [-0.15, -0.1) is 0 Å². The summed E-state index contributed by atoms with van der Waals surface area (Å²) in [6, 6.07) is 2.88. The highest BCUT2D eigenvalue weighted by atomic mass is 19.1. The summed E-state index contributed by atoms with van der Waals surface area (Å²) in [5.41, 5.74) is 7.75. The van der Waals surface area contributed by atoms with Crippen molar-refractivity contribution in [2.45, 2.75) is 39.7 Å². The Morgan fingerprint density at radius 1 is 1.36 bits per heavy atom. The molecule has 1 aromatic carbocycles. The molecule has 4 rings (SSSR count). The number of fused-ring (bicyclic) bond motifs is 1. The molecule has 1 aromatic heterocycles. The smallest absolute Gasteiger partial charge is 0.253 e. The Kier molecular flexibility index (Phi) is 4.26. The zero-order valence-electron chi connectivity index (χ0n) is 16.1. The number of aryl methyl sites for hydroxylation is 1. The van der Waals surface area contributed by atoms with E-state index in [1.807, 2.05) is 13.8 Å². The second-order valence-corrected chi connectivity index (χ2v) is 8.35. The molecule has 7 nitrogen and oxygen atoms in total. The Hall–Kier alpha value is -2.74. The van der Waals surface area contributed by atoms with Crippen LogP contribution >= 0.6 is 0 Å². The number of carbonyl (C=O) groups is 2. The lowest BCUT2D eigenvalue weighted by molar-refractivity contribution is 0.0210. The van der Waals surface area contributed by atoms with Crippen molar-refractivity contribution in [2.75, 3.05) is 18.5 Å². The van der Waals surface area contributed by atoms with Crippen molar-refractivity contribution in [1.29, 1.82) is 0 Å². The van der Waals surface area contributed by atoms with Gasteiger partial charge in [0.25, 0.3) is 5.91 Å². The molecule has 1 fully saturated rings. The van der Waals surface area contributed by atoms with Crippen LogP contribution in [0.4, 0.5) is 10.1 Å². The first-order chi connectivity index (χ1) is 13.2. The number of ether oxygens (including phenoxy) is 1. The van der Waals surface area contributed by atoms with Crippen molar-refractivity contribution in [3.05, 3.63) is 40.5 Å². The fraction of sp³-hybridized carbons (Fsp3) is 0.450. The Labute approximate surface area is 162 Å². The number of anilines is 1. The summed E-state index contributed by atoms with van der Waals surface area (Å²) in [6.07, 6.45) is 1.10. The highest BCUT2D eigenvalue weighted by molar-refractivity contribution is 6.00. The van der Waals surface area contributed by atoms with Crippen LogP contribution in [0.2, 0.25) is 0 Å². The average molecular weight is 386 g/mol. The number of carbonyl (C=O) groups excluding carboxylic acids is 2. The van der Waals surface area contributed by atoms with Crippen molar-refractivity contribution in [1.82, 2.24) is 9.78 Å². The zero-order valence-corrected chi connectivity index (χ0v) is 16.1. The van der Waals surface area contributed by atoms with Gasteiger partial charge in [0.1, 0.15) is 5.82 Å². The first-order valence-electron chi connectivity index (χ1n) is 9.26. The molecule has 0 bridgehead atoms. The van der Waals surface area contributed by atoms with Gasteiger partial charge in [-0.2, -0.15) is 5.10 Å². The summed E-state index contributed by atoms with van der Waals surface area (Å²) < 4.78 is 21.6. The predicted octanol–water partition coefficient (Wildman–Crippen LogP) is 2.38. The number of hydrogen-bond donors (Lipinski definition) is 2. The van der Waals surface area contributed by atoms with E-state index in [0.717, 1.165) is 5.69 Å². The molecule has 1 amide bonds. The van der Waals surface area contributed by atoms with Crippen molar-refractivity contribution >= 4 is 17.4 Å². The number of halogens is 1. The Morgan fingerprint density at radius 3 is 2.68 bits per heavy atom. The molecular weight excluding hydrogens is 363 g/mol. The minimum atomic E-state index is -0.846. The van der Waals surface area contributed by atoms with E-state index in [2.05, 4.69) is 10.4 Å². The molecule has 2 heterocycles. The number of rotatable bonds is 4. The molecular formula is C20H23FN4O3. The van der Waals surface area contributed by atoms with Crippen molar-refractivity contribution in [3.8, 4) is 5.69 Å². The minimum absolute atomic E-state index is 0.0125. The number of aromatic nitrogens is 2. The Bertz CT molecular complexity index is 992. The summed E-state index contributed by atoms with van der Waals surface area (Å²) in [6.45, 7) is 6.79. The van der Waals surface area contributed by atoms with Crippen LogP contribution < -0.4 is 11.1 Å². The zero-order chi connectivity index (χ0) is 20.2. The van der Waals surface area contributed by atoms with Gasteiger partial charge >= 0.3 is 0 Å². The monoisotopic (exact) mass is 386 g/mol. The molecule has 2 aliphatic rings. The highest BCUT2D eigenvalue weighted by Crippen LogP contribution is 2.37. The number of amides is 1. The maximum absolute atomic E-state index is 14.8. The van der Waals surface area contributed by atoms with Gasteiger partial charge in [-0.1, -0.05) is 13.8 Å². The fourth-order valence-electron chi connectivity index (χ4n) is 3.97. The lowest BCUT2D eigenvalue weighted by atomic mass is 9.75. The first kappa shape index (κ1) is 18.6. The third-order valence-corrected chi connectivity index (χ3v) is 5.28. The molecule has 8 heteroatoms. The van der Waals surface area contributed by atoms with Crippen molar-refractivity contribution < 1.29 is 18.7 Å². The van der Waals surface area contributed by atoms with Crippen LogP contribution in [0.5, 0.6) is 0 Å². The molecule has 0 atom stereocenters. The summed E-state index contributed by atoms with van der Waals surface area (Å²) >= 11 is 0. The molecule has 3 N–H and O–H groups in total. The molecule has 1 aliphatic heterocycles. The topological polar surface area (TPSA) is 99.2 Å². The molecule has 2 aromatic rings. The number of nitrogens with zero attached hydrogens (tertiary/aromatic N) is 2. The second-order valence-electron chi connectivity index (χ2n) is 8.35. The summed E-state index contributed by atoms with van der Waals surface area (Å²) in [5.74, 6) is -1.52. The number of primary amides is 1. The largest absolute Gasteiger partial charge is 0.377 e. The summed E-state index contributed by atoms with van der Waals surface area (Å²) in [4.78, 5) is 24.4. The lowest BCUT2D eigenvalue weighted by Gasteiger charge is -2.30. The predicted molar refractivity (Wildman–Crippen MR) is 101 cm³/mol. The van der Waals surface area contributed by atoms with Gasteiger partial charge in [0.05, 0.1) is 53.1 Å². The number of ketones is 1. The molecule has 1 aliphatic carbocycles. The normalized spacial score (nSPS) is 18.5. The number of hydrogen-bond acceptors (Lipinski definition) is 5. The quantitative estimate of drug-likeness (QED) is 0.841. The van der Waals surface area contributed by atoms with Gasteiger partial charge in [0, 0.05) is 12.5 Å². The fourth-order valence-corrected chi connectivity index (χ4v) is 3.97. The van der Waals surface area contributed by atoms with Crippen LogP contribution in [0.25, 0.3) is 5.69 Å². The number of nitrogens with one attached hydrogen (secondary N) is 1. The SMILES string of the molecule is Cc1nn(-c2cc(F)c(C(N)=O)c(NC3COC3)c2)c2c1C(=O)CC(C)(C)C2. The van der Waals surface area contributed by atoms with Crippen molar-refractivity contribution in [2.24, 2.45) is 11.1 Å². The molecule has 0 radical (unpaired) electrons. The van der Waals surface area contributed by atoms with Gasteiger partial charge < -0.3 is 15.8 Å². The third kappa shape index (κ3) is 3.07. The van der Waals surface area contributed by atoms with Crippen LogP contribution in [0.15, 0.2) is 12.1 Å². The molecule has 0 unspecified atom stereocenters. The maximum Gasteiger partial charge on any atom is 0.253 e. The van der Waals surface area contributed by atoms with Crippen molar-refractivity contribution in [3.63, 3.8) is 0 Å². The second kappa shape index (κ2) is 6.41. The van der Waals surface area contributed by atoms with E-state index in [1.165, 1.54) is 6.07 Å². The van der Waals surface area contributed by atoms with E-state index in [1.54, 1.807) is 17.7 Å². The summed E-state index contributed by atoms with van der Waals surface area (Å²) in [7, 11) is 0. The molecule has 0 spiro atoms. The molecule has 28 heavy (non-hydrogen) atoms. The third-order valence-electron chi connectivity index (χ3n) is 5.28. The van der Waals surface area contributed by atoms with Gasteiger partial charge in [0.15, 0.2) is 5.78 Å². The van der Waals surface area contributed by atoms with E-state index in [0.29, 0.717) is 48.7 Å². The van der Waals surface area contributed by atoms with Crippen LogP contribution in [0, 0.1) is 18.2 Å². The Morgan fingerprint density at radius 2 is 2.07 bits per heavy atom. The van der Waals surface area contributed by atoms with E-state index in [4.69, 9.17) is 10.5 Å². The van der Waals surface area contributed by atoms with Crippen LogP contribution in [-0.4, -0.2) is 40.7 Å². The first-order valence-corrected chi connectivity index (χ1v) is 9.26. The van der Waals surface area contributed by atoms with E-state index in [9.17, 15) is 14.0 Å².